The van der Waals surface area contributed by atoms with E-state index in [1.807, 2.05) is 0 Å². The van der Waals surface area contributed by atoms with Crippen LogP contribution in [-0.2, 0) is 28.5 Å². The summed E-state index contributed by atoms with van der Waals surface area (Å²) >= 11 is 0. The Morgan fingerprint density at radius 3 is 1.24 bits per heavy atom. The zero-order valence-corrected chi connectivity index (χ0v) is 18.3. The zero-order chi connectivity index (χ0) is 22.8. The topological polar surface area (TPSA) is 141 Å². The van der Waals surface area contributed by atoms with Crippen molar-refractivity contribution < 1.29 is 38.1 Å². The molecule has 0 spiro atoms. The summed E-state index contributed by atoms with van der Waals surface area (Å²) in [6, 6.07) is -2.20. The van der Waals surface area contributed by atoms with Crippen LogP contribution < -0.4 is 16.0 Å². The van der Waals surface area contributed by atoms with E-state index in [2.05, 4.69) is 16.0 Å². The molecule has 0 rings (SSSR count). The fraction of sp³-hybridized carbons (Fsp3) is 0.778. The Morgan fingerprint density at radius 1 is 0.690 bits per heavy atom. The van der Waals surface area contributed by atoms with Crippen LogP contribution in [0.25, 0.3) is 0 Å². The molecule has 0 heterocycles. The number of esters is 2. The number of methoxy groups -OCH3 is 2. The number of alkyl carbamates (subject to hydrolysis) is 2. The number of carbonyl (C=O) groups is 4. The normalized spacial score (nSPS) is 13.5. The molecule has 0 radical (unpaired) electrons. The van der Waals surface area contributed by atoms with Gasteiger partial charge in [0.2, 0.25) is 0 Å². The van der Waals surface area contributed by atoms with E-state index < -0.39 is 47.4 Å². The maximum atomic E-state index is 12.0. The van der Waals surface area contributed by atoms with Gasteiger partial charge < -0.3 is 29.6 Å². The van der Waals surface area contributed by atoms with Crippen molar-refractivity contribution >= 4 is 24.1 Å². The second-order valence-corrected chi connectivity index (χ2v) is 8.08. The molecule has 3 N–H and O–H groups in total. The van der Waals surface area contributed by atoms with Crippen molar-refractivity contribution in [1.82, 2.24) is 16.0 Å². The Labute approximate surface area is 171 Å². The molecule has 29 heavy (non-hydrogen) atoms. The molecule has 0 saturated heterocycles. The Hall–Kier alpha value is -2.56. The molecule has 0 aliphatic carbocycles. The Bertz CT molecular complexity index is 531. The summed E-state index contributed by atoms with van der Waals surface area (Å²) in [7, 11) is 2.33. The van der Waals surface area contributed by atoms with Gasteiger partial charge in [0, 0.05) is 13.1 Å². The molecule has 11 heteroatoms. The van der Waals surface area contributed by atoms with Crippen LogP contribution in [0.5, 0.6) is 0 Å². The monoisotopic (exact) mass is 419 g/mol. The second kappa shape index (κ2) is 11.4. The smallest absolute Gasteiger partial charge is 0.407 e. The minimum absolute atomic E-state index is 0.221. The van der Waals surface area contributed by atoms with E-state index in [-0.39, 0.29) is 13.1 Å². The van der Waals surface area contributed by atoms with Crippen molar-refractivity contribution in [3.05, 3.63) is 0 Å². The number of nitrogens with one attached hydrogen (secondary N) is 3. The van der Waals surface area contributed by atoms with Gasteiger partial charge in [-0.25, -0.2) is 9.59 Å². The molecule has 0 aliphatic heterocycles. The average Bonchev–Trinajstić information content (AvgIpc) is 2.56. The summed E-state index contributed by atoms with van der Waals surface area (Å²) in [5.41, 5.74) is -1.44. The van der Waals surface area contributed by atoms with Crippen LogP contribution in [0.15, 0.2) is 0 Å². The lowest BCUT2D eigenvalue weighted by Gasteiger charge is -2.25. The highest BCUT2D eigenvalue weighted by molar-refractivity contribution is 5.81. The minimum atomic E-state index is -1.10. The predicted molar refractivity (Wildman–Crippen MR) is 103 cm³/mol. The highest BCUT2D eigenvalue weighted by atomic mass is 16.6. The highest BCUT2D eigenvalue weighted by Crippen LogP contribution is 2.07. The molecule has 11 nitrogen and oxygen atoms in total. The first kappa shape index (κ1) is 26.4. The standard InChI is InChI=1S/C18H33N3O8/c1-17(2,3)28-15(24)19-9-11(13(22)26-7)21-12(14(23)27-8)10-20-16(25)29-18(4,5)6/h11-12,21H,9-10H2,1-8H3,(H,19,24)(H,20,25)/t11-,12?/m0/s1. The lowest BCUT2D eigenvalue weighted by molar-refractivity contribution is -0.146. The molecule has 0 aliphatic rings. The van der Waals surface area contributed by atoms with Crippen LogP contribution in [0.3, 0.4) is 0 Å². The number of rotatable bonds is 8. The molecule has 2 amide bonds. The number of hydrogen-bond donors (Lipinski definition) is 3. The molecule has 0 bridgehead atoms. The maximum Gasteiger partial charge on any atom is 0.407 e. The fourth-order valence-electron chi connectivity index (χ4n) is 1.95. The van der Waals surface area contributed by atoms with Crippen molar-refractivity contribution in [2.24, 2.45) is 0 Å². The maximum absolute atomic E-state index is 12.0. The molecular weight excluding hydrogens is 386 g/mol. The van der Waals surface area contributed by atoms with Gasteiger partial charge >= 0.3 is 24.1 Å². The Balaban J connectivity index is 5.04. The summed E-state index contributed by atoms with van der Waals surface area (Å²) in [4.78, 5) is 47.7. The summed E-state index contributed by atoms with van der Waals surface area (Å²) in [6.45, 7) is 9.71. The predicted octanol–water partition coefficient (Wildman–Crippen LogP) is 0.709. The first-order valence-corrected chi connectivity index (χ1v) is 9.04. The van der Waals surface area contributed by atoms with Gasteiger partial charge in [-0.05, 0) is 41.5 Å². The summed E-state index contributed by atoms with van der Waals surface area (Å²) in [5, 5.41) is 7.55. The lowest BCUT2D eigenvalue weighted by atomic mass is 10.2. The molecule has 0 aromatic heterocycles. The largest absolute Gasteiger partial charge is 0.468 e. The van der Waals surface area contributed by atoms with Crippen LogP contribution in [0.1, 0.15) is 41.5 Å². The first-order chi connectivity index (χ1) is 13.2. The van der Waals surface area contributed by atoms with E-state index in [4.69, 9.17) is 18.9 Å². The van der Waals surface area contributed by atoms with E-state index in [1.165, 1.54) is 0 Å². The third-order valence-corrected chi connectivity index (χ3v) is 3.07. The summed E-state index contributed by atoms with van der Waals surface area (Å²) < 4.78 is 19.6. The van der Waals surface area contributed by atoms with Gasteiger partial charge in [-0.3, -0.25) is 14.9 Å². The average molecular weight is 419 g/mol. The molecule has 2 atom stereocenters. The van der Waals surface area contributed by atoms with Gasteiger partial charge in [0.1, 0.15) is 23.3 Å². The fourth-order valence-corrected chi connectivity index (χ4v) is 1.95. The highest BCUT2D eigenvalue weighted by Gasteiger charge is 2.29. The van der Waals surface area contributed by atoms with Gasteiger partial charge in [-0.2, -0.15) is 0 Å². The zero-order valence-electron chi connectivity index (χ0n) is 18.3. The lowest BCUT2D eigenvalue weighted by Crippen LogP contribution is -2.56. The van der Waals surface area contributed by atoms with Crippen LogP contribution in [0, 0.1) is 0 Å². The summed E-state index contributed by atoms with van der Waals surface area (Å²) in [5.74, 6) is -1.46. The Kier molecular flexibility index (Phi) is 10.4. The molecular formula is C18H33N3O8. The van der Waals surface area contributed by atoms with Gasteiger partial charge in [-0.1, -0.05) is 0 Å². The van der Waals surface area contributed by atoms with E-state index in [0.717, 1.165) is 14.2 Å². The van der Waals surface area contributed by atoms with Crippen LogP contribution >= 0.6 is 0 Å². The van der Waals surface area contributed by atoms with E-state index in [1.54, 1.807) is 41.5 Å². The molecule has 0 fully saturated rings. The third-order valence-electron chi connectivity index (χ3n) is 3.07. The van der Waals surface area contributed by atoms with Gasteiger partial charge in [-0.15, -0.1) is 0 Å². The van der Waals surface area contributed by atoms with E-state index in [0.29, 0.717) is 0 Å². The third kappa shape index (κ3) is 12.5. The van der Waals surface area contributed by atoms with Crippen molar-refractivity contribution in [1.29, 1.82) is 0 Å². The second-order valence-electron chi connectivity index (χ2n) is 8.08. The van der Waals surface area contributed by atoms with Crippen molar-refractivity contribution in [3.8, 4) is 0 Å². The van der Waals surface area contributed by atoms with E-state index >= 15 is 0 Å². The summed E-state index contributed by atoms with van der Waals surface area (Å²) in [6.07, 6.45) is -1.48. The van der Waals surface area contributed by atoms with Crippen molar-refractivity contribution in [2.45, 2.75) is 64.8 Å². The van der Waals surface area contributed by atoms with Crippen LogP contribution in [-0.4, -0.2) is 74.7 Å². The van der Waals surface area contributed by atoms with Crippen LogP contribution in [0.4, 0.5) is 9.59 Å². The SMILES string of the molecule is COC(=O)C(CNC(=O)OC(C)(C)C)N[C@@H](CNC(=O)OC(C)(C)C)C(=O)OC. The number of hydrogen-bond acceptors (Lipinski definition) is 9. The number of carbonyl (C=O) groups excluding carboxylic acids is 4. The number of ether oxygens (including phenoxy) is 4. The molecule has 0 aromatic carbocycles. The molecule has 168 valence electrons. The van der Waals surface area contributed by atoms with Gasteiger partial charge in [0.25, 0.3) is 0 Å². The molecule has 1 unspecified atom stereocenters. The molecule has 0 saturated carbocycles. The van der Waals surface area contributed by atoms with Gasteiger partial charge in [0.05, 0.1) is 14.2 Å². The van der Waals surface area contributed by atoms with Crippen molar-refractivity contribution in [3.63, 3.8) is 0 Å². The quantitative estimate of drug-likeness (QED) is 0.383. The van der Waals surface area contributed by atoms with Crippen molar-refractivity contribution in [2.75, 3.05) is 27.3 Å². The number of amides is 2. The van der Waals surface area contributed by atoms with E-state index in [9.17, 15) is 19.2 Å². The van der Waals surface area contributed by atoms with Crippen LogP contribution in [0.2, 0.25) is 0 Å². The minimum Gasteiger partial charge on any atom is -0.468 e. The first-order valence-electron chi connectivity index (χ1n) is 9.04. The Morgan fingerprint density at radius 2 is 1.00 bits per heavy atom. The molecule has 0 aromatic rings. The van der Waals surface area contributed by atoms with Gasteiger partial charge in [0.15, 0.2) is 0 Å².